The molecule has 3 amide bonds. The van der Waals surface area contributed by atoms with Gasteiger partial charge in [-0.2, -0.15) is 12.6 Å². The Morgan fingerprint density at radius 2 is 1.85 bits per heavy atom. The number of hydrogen-bond donors (Lipinski definition) is 5. The molecule has 0 aliphatic carbocycles. The minimum absolute atomic E-state index is 0.194. The van der Waals surface area contributed by atoms with Crippen molar-refractivity contribution in [2.75, 3.05) is 6.54 Å². The molecule has 2 aromatic rings. The Labute approximate surface area is 203 Å². The first kappa shape index (κ1) is 26.2. The summed E-state index contributed by atoms with van der Waals surface area (Å²) in [5, 5.41) is 4.74. The maximum Gasteiger partial charge on any atom is 0.338 e. The van der Waals surface area contributed by atoms with Gasteiger partial charge in [0.1, 0.15) is 17.1 Å². The fourth-order valence-corrected chi connectivity index (χ4v) is 5.08. The third kappa shape index (κ3) is 6.18. The van der Waals surface area contributed by atoms with Crippen molar-refractivity contribution in [1.82, 2.24) is 10.2 Å². The van der Waals surface area contributed by atoms with Crippen molar-refractivity contribution >= 4 is 48.7 Å². The monoisotopic (exact) mass is 507 g/mol. The van der Waals surface area contributed by atoms with Crippen LogP contribution in [0.4, 0.5) is 0 Å². The number of thiol groups is 1. The number of carbonyl (C=O) groups is 3. The molecule has 1 heterocycles. The number of fused-ring (bicyclic) bond motifs is 1. The molecule has 4 atom stereocenters. The summed E-state index contributed by atoms with van der Waals surface area (Å²) in [4.78, 5) is 56.9. The van der Waals surface area contributed by atoms with E-state index < -0.39 is 48.3 Å². The van der Waals surface area contributed by atoms with Crippen LogP contribution in [0.25, 0.3) is 10.8 Å². The van der Waals surface area contributed by atoms with Crippen LogP contribution in [0.1, 0.15) is 31.7 Å². The smallest absolute Gasteiger partial charge is 0.338 e. The highest BCUT2D eigenvalue weighted by atomic mass is 32.1. The van der Waals surface area contributed by atoms with Gasteiger partial charge in [-0.3, -0.25) is 18.9 Å². The number of nitrogens with two attached hydrogens (primary N) is 1. The molecule has 0 aromatic heterocycles. The summed E-state index contributed by atoms with van der Waals surface area (Å²) in [5.74, 6) is -2.87. The molecule has 5 N–H and O–H groups in total. The number of likely N-dealkylation sites (tertiary alicyclic amines) is 1. The lowest BCUT2D eigenvalue weighted by atomic mass is 9.97. The van der Waals surface area contributed by atoms with E-state index in [0.29, 0.717) is 19.3 Å². The second kappa shape index (κ2) is 10.9. The predicted molar refractivity (Wildman–Crippen MR) is 132 cm³/mol. The van der Waals surface area contributed by atoms with Crippen LogP contribution in [0.2, 0.25) is 0 Å². The van der Waals surface area contributed by atoms with Gasteiger partial charge in [0.05, 0.1) is 5.92 Å². The Morgan fingerprint density at radius 1 is 1.18 bits per heavy atom. The molecule has 34 heavy (non-hydrogen) atoms. The van der Waals surface area contributed by atoms with Crippen molar-refractivity contribution in [2.45, 2.75) is 49.7 Å². The molecular formula is C23H30N3O6PS. The van der Waals surface area contributed by atoms with Gasteiger partial charge >= 0.3 is 7.60 Å². The zero-order chi connectivity index (χ0) is 25.0. The molecule has 1 aliphatic rings. The molecule has 11 heteroatoms. The number of amides is 3. The molecule has 1 fully saturated rings. The molecule has 0 radical (unpaired) electrons. The summed E-state index contributed by atoms with van der Waals surface area (Å²) in [5.41, 5.74) is 6.40. The number of primary amides is 1. The molecule has 3 rings (SSSR count). The fraction of sp³-hybridized carbons (Fsp3) is 0.435. The Hall–Kier alpha value is -2.39. The number of carbonyl (C=O) groups excluding carboxylic acids is 3. The Morgan fingerprint density at radius 3 is 2.50 bits per heavy atom. The maximum absolute atomic E-state index is 13.1. The number of benzene rings is 2. The Bertz CT molecular complexity index is 1120. The third-order valence-corrected chi connectivity index (χ3v) is 8.67. The van der Waals surface area contributed by atoms with Crippen molar-refractivity contribution < 1.29 is 28.7 Å². The number of nitrogens with one attached hydrogen (secondary N) is 1. The molecule has 0 spiro atoms. The largest absolute Gasteiger partial charge is 0.368 e. The summed E-state index contributed by atoms with van der Waals surface area (Å²) in [6.45, 7) is 1.66. The second-order valence-electron chi connectivity index (χ2n) is 8.68. The molecule has 184 valence electrons. The number of hydrogen-bond acceptors (Lipinski definition) is 5. The molecule has 2 aromatic carbocycles. The molecule has 0 saturated carbocycles. The van der Waals surface area contributed by atoms with E-state index in [4.69, 9.17) is 5.73 Å². The zero-order valence-corrected chi connectivity index (χ0v) is 20.6. The predicted octanol–water partition coefficient (Wildman–Crippen LogP) is 1.80. The lowest BCUT2D eigenvalue weighted by Crippen LogP contribution is -2.57. The van der Waals surface area contributed by atoms with Gasteiger partial charge in [-0.15, -0.1) is 0 Å². The van der Waals surface area contributed by atoms with Crippen molar-refractivity contribution in [3.8, 4) is 0 Å². The highest BCUT2D eigenvalue weighted by Gasteiger charge is 2.41. The van der Waals surface area contributed by atoms with Crippen molar-refractivity contribution in [3.63, 3.8) is 0 Å². The van der Waals surface area contributed by atoms with E-state index in [2.05, 4.69) is 17.9 Å². The van der Waals surface area contributed by atoms with E-state index in [0.717, 1.165) is 16.3 Å². The highest BCUT2D eigenvalue weighted by molar-refractivity contribution is 7.89. The maximum atomic E-state index is 13.1. The van der Waals surface area contributed by atoms with Gasteiger partial charge in [-0.05, 0) is 35.6 Å². The molecule has 0 bridgehead atoms. The number of nitrogens with zero attached hydrogens (tertiary/aromatic N) is 1. The summed E-state index contributed by atoms with van der Waals surface area (Å²) in [6.07, 6.45) is 1.93. The average Bonchev–Trinajstić information content (AvgIpc) is 2.81. The lowest BCUT2D eigenvalue weighted by molar-refractivity contribution is -0.145. The molecule has 9 nitrogen and oxygen atoms in total. The van der Waals surface area contributed by atoms with Crippen molar-refractivity contribution in [3.05, 3.63) is 48.0 Å². The summed E-state index contributed by atoms with van der Waals surface area (Å²) >= 11 is 3.94. The topological polar surface area (TPSA) is 150 Å². The summed E-state index contributed by atoms with van der Waals surface area (Å²) < 4.78 is 11.6. The Balaban J connectivity index is 1.74. The number of piperidine rings is 1. The van der Waals surface area contributed by atoms with Gasteiger partial charge in [0.2, 0.25) is 17.7 Å². The van der Waals surface area contributed by atoms with Crippen LogP contribution in [0, 0.1) is 5.92 Å². The van der Waals surface area contributed by atoms with E-state index in [9.17, 15) is 28.7 Å². The first-order valence-corrected chi connectivity index (χ1v) is 13.3. The van der Waals surface area contributed by atoms with Gasteiger partial charge in [-0.25, -0.2) is 0 Å². The van der Waals surface area contributed by atoms with Gasteiger partial charge in [-0.1, -0.05) is 49.4 Å². The Kier molecular flexibility index (Phi) is 8.41. The third-order valence-electron chi connectivity index (χ3n) is 6.18. The van der Waals surface area contributed by atoms with E-state index in [1.807, 2.05) is 42.5 Å². The van der Waals surface area contributed by atoms with Crippen LogP contribution in [-0.4, -0.2) is 56.0 Å². The minimum Gasteiger partial charge on any atom is -0.368 e. The van der Waals surface area contributed by atoms with E-state index in [1.165, 1.54) is 11.8 Å². The first-order valence-electron chi connectivity index (χ1n) is 11.1. The minimum atomic E-state index is -4.60. The first-order chi connectivity index (χ1) is 16.0. The van der Waals surface area contributed by atoms with Crippen molar-refractivity contribution in [1.29, 1.82) is 0 Å². The van der Waals surface area contributed by atoms with Crippen LogP contribution >= 0.6 is 20.2 Å². The van der Waals surface area contributed by atoms with Crippen LogP contribution in [0.5, 0.6) is 0 Å². The quantitative estimate of drug-likeness (QED) is 0.272. The number of rotatable bonds is 8. The summed E-state index contributed by atoms with van der Waals surface area (Å²) in [6, 6.07) is 11.7. The van der Waals surface area contributed by atoms with Crippen LogP contribution in [-0.2, 0) is 25.4 Å². The normalized spacial score (nSPS) is 19.3. The van der Waals surface area contributed by atoms with Crippen LogP contribution in [0.15, 0.2) is 42.5 Å². The molecular weight excluding hydrogens is 477 g/mol. The second-order valence-corrected chi connectivity index (χ2v) is 11.4. The summed E-state index contributed by atoms with van der Waals surface area (Å²) in [7, 11) is -4.60. The van der Waals surface area contributed by atoms with Gasteiger partial charge in [0.15, 0.2) is 0 Å². The van der Waals surface area contributed by atoms with E-state index >= 15 is 0 Å². The highest BCUT2D eigenvalue weighted by Crippen LogP contribution is 2.47. The lowest BCUT2D eigenvalue weighted by Gasteiger charge is -2.37. The van der Waals surface area contributed by atoms with Crippen molar-refractivity contribution in [2.24, 2.45) is 11.7 Å². The van der Waals surface area contributed by atoms with Gasteiger partial charge < -0.3 is 25.7 Å². The standard InChI is InChI=1S/C23H30N3O6PS/c1-14(23(34)33(30,31)32)22(29)26-11-5-4-8-19(26)21(28)25-18(20(24)27)13-15-9-10-16-6-2-3-7-17(16)12-15/h2-3,6-7,9-10,12,14,18-19,23,34H,4-5,8,11,13H2,1H3,(H2,24,27)(H,25,28)(H2,30,31,32). The van der Waals surface area contributed by atoms with E-state index in [1.54, 1.807) is 0 Å². The van der Waals surface area contributed by atoms with E-state index in [-0.39, 0.29) is 13.0 Å². The zero-order valence-electron chi connectivity index (χ0n) is 18.8. The molecule has 1 saturated heterocycles. The molecule has 1 aliphatic heterocycles. The van der Waals surface area contributed by atoms with Gasteiger partial charge in [0.25, 0.3) is 0 Å². The fourth-order valence-electron chi connectivity index (χ4n) is 4.24. The van der Waals surface area contributed by atoms with Crippen LogP contribution < -0.4 is 11.1 Å². The SMILES string of the molecule is CC(C(=O)N1CCCCC1C(=O)NC(Cc1ccc2ccccc2c1)C(N)=O)C(S)P(=O)(O)O. The molecule has 4 unspecified atom stereocenters. The van der Waals surface area contributed by atoms with Crippen LogP contribution in [0.3, 0.4) is 0 Å². The van der Waals surface area contributed by atoms with Gasteiger partial charge in [0, 0.05) is 13.0 Å². The average molecular weight is 508 g/mol.